The Kier molecular flexibility index (Phi) is 7.89. The molecule has 1 fully saturated rings. The Bertz CT molecular complexity index is 813. The molecule has 0 bridgehead atoms. The quantitative estimate of drug-likeness (QED) is 0.685. The van der Waals surface area contributed by atoms with Crippen LogP contribution in [0.5, 0.6) is 5.75 Å². The second kappa shape index (κ2) is 10.6. The number of amides is 1. The lowest BCUT2D eigenvalue weighted by molar-refractivity contribution is -0.117. The van der Waals surface area contributed by atoms with Crippen molar-refractivity contribution in [1.29, 1.82) is 0 Å². The number of ether oxygens (including phenoxy) is 2. The zero-order chi connectivity index (χ0) is 20.6. The van der Waals surface area contributed by atoms with E-state index in [4.69, 9.17) is 21.1 Å². The molecule has 0 aliphatic carbocycles. The summed E-state index contributed by atoms with van der Waals surface area (Å²) in [6.07, 6.45) is 0.372. The molecule has 0 unspecified atom stereocenters. The van der Waals surface area contributed by atoms with E-state index in [-0.39, 0.29) is 18.6 Å². The molecule has 3 rings (SSSR count). The van der Waals surface area contributed by atoms with E-state index in [1.807, 2.05) is 31.2 Å². The maximum atomic E-state index is 12.4. The van der Waals surface area contributed by atoms with E-state index in [0.717, 1.165) is 18.7 Å². The maximum Gasteiger partial charge on any atom is 0.225 e. The Hall–Kier alpha value is -2.12. The molecule has 1 heterocycles. The summed E-state index contributed by atoms with van der Waals surface area (Å²) < 4.78 is 11.3. The molecule has 1 atom stereocenters. The summed E-state index contributed by atoms with van der Waals surface area (Å²) in [6.45, 7) is 5.10. The first-order chi connectivity index (χ1) is 14.1. The van der Waals surface area contributed by atoms with Crippen molar-refractivity contribution in [2.24, 2.45) is 0 Å². The Labute approximate surface area is 176 Å². The Morgan fingerprint density at radius 3 is 2.83 bits per heavy atom. The molecule has 1 aliphatic heterocycles. The summed E-state index contributed by atoms with van der Waals surface area (Å²) >= 11 is 5.96. The first-order valence-corrected chi connectivity index (χ1v) is 10.2. The van der Waals surface area contributed by atoms with E-state index >= 15 is 0 Å². The normalized spacial score (nSPS) is 17.1. The predicted octanol–water partition coefficient (Wildman–Crippen LogP) is 3.63. The van der Waals surface area contributed by atoms with E-state index in [9.17, 15) is 9.90 Å². The molecule has 1 aliphatic rings. The largest absolute Gasteiger partial charge is 0.494 e. The summed E-state index contributed by atoms with van der Waals surface area (Å²) in [7, 11) is 0. The first-order valence-electron chi connectivity index (χ1n) is 9.85. The smallest absolute Gasteiger partial charge is 0.225 e. The van der Waals surface area contributed by atoms with Crippen molar-refractivity contribution in [2.75, 3.05) is 38.2 Å². The monoisotopic (exact) mass is 418 g/mol. The van der Waals surface area contributed by atoms with Crippen LogP contribution in [0.3, 0.4) is 0 Å². The van der Waals surface area contributed by atoms with Crippen LogP contribution in [-0.2, 0) is 16.1 Å². The van der Waals surface area contributed by atoms with Crippen LogP contribution in [0.1, 0.15) is 30.6 Å². The van der Waals surface area contributed by atoms with Crippen molar-refractivity contribution in [1.82, 2.24) is 4.90 Å². The minimum absolute atomic E-state index is 0.0118. The Balaban J connectivity index is 1.50. The minimum Gasteiger partial charge on any atom is -0.494 e. The van der Waals surface area contributed by atoms with Crippen LogP contribution in [-0.4, -0.2) is 48.8 Å². The van der Waals surface area contributed by atoms with Gasteiger partial charge in [0, 0.05) is 42.3 Å². The first kappa shape index (κ1) is 21.6. The van der Waals surface area contributed by atoms with Crippen molar-refractivity contribution in [2.45, 2.75) is 26.1 Å². The van der Waals surface area contributed by atoms with E-state index < -0.39 is 0 Å². The number of benzene rings is 2. The van der Waals surface area contributed by atoms with E-state index in [0.29, 0.717) is 48.2 Å². The summed E-state index contributed by atoms with van der Waals surface area (Å²) in [6, 6.07) is 13.0. The van der Waals surface area contributed by atoms with Gasteiger partial charge in [-0.1, -0.05) is 23.7 Å². The molecule has 7 heteroatoms. The molecule has 2 aromatic rings. The fraction of sp³-hybridized carbons (Fsp3) is 0.409. The molecule has 2 aromatic carbocycles. The summed E-state index contributed by atoms with van der Waals surface area (Å²) in [5, 5.41) is 13.1. The fourth-order valence-corrected chi connectivity index (χ4v) is 3.47. The molecule has 29 heavy (non-hydrogen) atoms. The third kappa shape index (κ3) is 6.18. The number of aliphatic hydroxyl groups excluding tert-OH is 1. The molecule has 156 valence electrons. The molecular weight excluding hydrogens is 392 g/mol. The van der Waals surface area contributed by atoms with Gasteiger partial charge in [0.25, 0.3) is 0 Å². The number of halogens is 1. The molecule has 0 aromatic heterocycles. The molecule has 0 saturated carbocycles. The lowest BCUT2D eigenvalue weighted by Crippen LogP contribution is -2.39. The highest BCUT2D eigenvalue weighted by Crippen LogP contribution is 2.25. The van der Waals surface area contributed by atoms with E-state index in [1.54, 1.807) is 18.2 Å². The van der Waals surface area contributed by atoms with Gasteiger partial charge in [-0.05, 0) is 42.8 Å². The highest BCUT2D eigenvalue weighted by molar-refractivity contribution is 6.30. The predicted molar refractivity (Wildman–Crippen MR) is 113 cm³/mol. The van der Waals surface area contributed by atoms with Gasteiger partial charge in [-0.2, -0.15) is 0 Å². The number of carbonyl (C=O) groups excluding carboxylic acids is 1. The van der Waals surface area contributed by atoms with Gasteiger partial charge < -0.3 is 19.9 Å². The summed E-state index contributed by atoms with van der Waals surface area (Å²) in [5.41, 5.74) is 2.40. The van der Waals surface area contributed by atoms with E-state index in [2.05, 4.69) is 10.2 Å². The van der Waals surface area contributed by atoms with Crippen molar-refractivity contribution < 1.29 is 19.4 Å². The van der Waals surface area contributed by atoms with Crippen LogP contribution >= 0.6 is 11.6 Å². The minimum atomic E-state index is -0.140. The van der Waals surface area contributed by atoms with Gasteiger partial charge in [-0.25, -0.2) is 0 Å². The topological polar surface area (TPSA) is 71.0 Å². The van der Waals surface area contributed by atoms with Crippen molar-refractivity contribution >= 4 is 23.2 Å². The second-order valence-electron chi connectivity index (χ2n) is 6.92. The third-order valence-electron chi connectivity index (χ3n) is 4.86. The molecule has 0 spiro atoms. The number of hydrogen-bond acceptors (Lipinski definition) is 5. The van der Waals surface area contributed by atoms with Crippen LogP contribution < -0.4 is 10.1 Å². The molecule has 1 amide bonds. The lowest BCUT2D eigenvalue weighted by atomic mass is 10.1. The second-order valence-corrected chi connectivity index (χ2v) is 7.36. The lowest BCUT2D eigenvalue weighted by Gasteiger charge is -2.33. The number of aliphatic hydroxyl groups is 1. The SMILES string of the molecule is CCOc1ccc(NC(=O)CCN2CCO[C@@H](c3ccc(Cl)cc3)C2)cc1CO. The van der Waals surface area contributed by atoms with Gasteiger partial charge in [0.2, 0.25) is 5.91 Å². The highest BCUT2D eigenvalue weighted by atomic mass is 35.5. The molecule has 6 nitrogen and oxygen atoms in total. The number of carbonyl (C=O) groups is 1. The van der Waals surface area contributed by atoms with Gasteiger partial charge in [0.05, 0.1) is 25.9 Å². The average molecular weight is 419 g/mol. The molecular formula is C22H27ClN2O4. The maximum absolute atomic E-state index is 12.4. The van der Waals surface area contributed by atoms with Gasteiger partial charge >= 0.3 is 0 Å². The van der Waals surface area contributed by atoms with Gasteiger partial charge in [-0.3, -0.25) is 9.69 Å². The number of anilines is 1. The van der Waals surface area contributed by atoms with E-state index in [1.165, 1.54) is 0 Å². The highest BCUT2D eigenvalue weighted by Gasteiger charge is 2.22. The Morgan fingerprint density at radius 2 is 2.10 bits per heavy atom. The van der Waals surface area contributed by atoms with Gasteiger partial charge in [0.1, 0.15) is 5.75 Å². The van der Waals surface area contributed by atoms with Gasteiger partial charge in [-0.15, -0.1) is 0 Å². The number of rotatable bonds is 8. The summed E-state index contributed by atoms with van der Waals surface area (Å²) in [5.74, 6) is 0.571. The number of nitrogens with zero attached hydrogens (tertiary/aromatic N) is 1. The fourth-order valence-electron chi connectivity index (χ4n) is 3.34. The number of hydrogen-bond donors (Lipinski definition) is 2. The van der Waals surface area contributed by atoms with Crippen LogP contribution in [0.25, 0.3) is 0 Å². The zero-order valence-electron chi connectivity index (χ0n) is 16.6. The van der Waals surface area contributed by atoms with Crippen molar-refractivity contribution in [3.63, 3.8) is 0 Å². The molecule has 2 N–H and O–H groups in total. The van der Waals surface area contributed by atoms with Crippen molar-refractivity contribution in [3.05, 3.63) is 58.6 Å². The average Bonchev–Trinajstić information content (AvgIpc) is 2.74. The standard InChI is InChI=1S/C22H27ClN2O4/c1-2-28-20-8-7-19(13-17(20)15-26)24-22(27)9-10-25-11-12-29-21(14-25)16-3-5-18(23)6-4-16/h3-8,13,21,26H,2,9-12,14-15H2,1H3,(H,24,27)/t21-/m1/s1. The number of morpholine rings is 1. The third-order valence-corrected chi connectivity index (χ3v) is 5.11. The zero-order valence-corrected chi connectivity index (χ0v) is 17.3. The van der Waals surface area contributed by atoms with Gasteiger partial charge in [0.15, 0.2) is 0 Å². The van der Waals surface area contributed by atoms with Crippen molar-refractivity contribution in [3.8, 4) is 5.75 Å². The molecule has 0 radical (unpaired) electrons. The Morgan fingerprint density at radius 1 is 1.31 bits per heavy atom. The number of nitrogens with one attached hydrogen (secondary N) is 1. The van der Waals surface area contributed by atoms with Crippen LogP contribution in [0.15, 0.2) is 42.5 Å². The summed E-state index contributed by atoms with van der Waals surface area (Å²) in [4.78, 5) is 14.6. The molecule has 1 saturated heterocycles. The van der Waals surface area contributed by atoms with Crippen LogP contribution in [0.4, 0.5) is 5.69 Å². The van der Waals surface area contributed by atoms with Crippen LogP contribution in [0, 0.1) is 0 Å². The van der Waals surface area contributed by atoms with Crippen LogP contribution in [0.2, 0.25) is 5.02 Å².